The third kappa shape index (κ3) is 7.95. The lowest BCUT2D eigenvalue weighted by molar-refractivity contribution is -0.144. The van der Waals surface area contributed by atoms with Gasteiger partial charge in [0.15, 0.2) is 0 Å². The Morgan fingerprint density at radius 1 is 1.05 bits per heavy atom. The molecule has 202 valence electrons. The number of carbonyl (C=O) groups is 3. The zero-order valence-corrected chi connectivity index (χ0v) is 22.7. The van der Waals surface area contributed by atoms with Crippen LogP contribution in [0.25, 0.3) is 0 Å². The van der Waals surface area contributed by atoms with Gasteiger partial charge in [-0.3, -0.25) is 9.59 Å². The molecular weight excluding hydrogens is 474 g/mol. The van der Waals surface area contributed by atoms with Gasteiger partial charge in [-0.25, -0.2) is 4.79 Å². The molecule has 4 N–H and O–H groups in total. The molecule has 0 saturated carbocycles. The highest BCUT2D eigenvalue weighted by molar-refractivity contribution is 6.00. The molecule has 0 aliphatic heterocycles. The molecule has 9 nitrogen and oxygen atoms in total. The summed E-state index contributed by atoms with van der Waals surface area (Å²) in [7, 11) is 0. The highest BCUT2D eigenvalue weighted by Gasteiger charge is 2.38. The molecule has 0 radical (unpaired) electrons. The highest BCUT2D eigenvalue weighted by atomic mass is 16.6. The lowest BCUT2D eigenvalue weighted by Crippen LogP contribution is -2.56. The Hall–Kier alpha value is -3.59. The van der Waals surface area contributed by atoms with Crippen molar-refractivity contribution >= 4 is 23.6 Å². The number of aliphatic hydroxyl groups excluding tert-OH is 1. The Bertz CT molecular complexity index is 1090. The van der Waals surface area contributed by atoms with Crippen molar-refractivity contribution in [3.63, 3.8) is 0 Å². The van der Waals surface area contributed by atoms with Gasteiger partial charge in [-0.2, -0.15) is 0 Å². The van der Waals surface area contributed by atoms with Crippen LogP contribution in [0, 0.1) is 13.8 Å². The number of carbonyl (C=O) groups excluding carboxylic acids is 3. The van der Waals surface area contributed by atoms with Crippen LogP contribution in [0.15, 0.2) is 42.5 Å². The Labute approximate surface area is 218 Å². The lowest BCUT2D eigenvalue weighted by Gasteiger charge is -2.38. The van der Waals surface area contributed by atoms with Crippen molar-refractivity contribution in [2.75, 3.05) is 11.9 Å². The number of hydrogen-bond acceptors (Lipinski definition) is 6. The smallest absolute Gasteiger partial charge is 0.408 e. The maximum absolute atomic E-state index is 13.9. The molecule has 37 heavy (non-hydrogen) atoms. The second-order valence-corrected chi connectivity index (χ2v) is 10.1. The van der Waals surface area contributed by atoms with Crippen LogP contribution >= 0.6 is 0 Å². The number of aliphatic hydroxyl groups is 1. The molecule has 3 amide bonds. The van der Waals surface area contributed by atoms with E-state index in [0.717, 1.165) is 11.1 Å². The van der Waals surface area contributed by atoms with E-state index in [-0.39, 0.29) is 5.75 Å². The van der Waals surface area contributed by atoms with Gasteiger partial charge in [0.1, 0.15) is 23.4 Å². The fourth-order valence-corrected chi connectivity index (χ4v) is 3.95. The van der Waals surface area contributed by atoms with Crippen LogP contribution in [0.2, 0.25) is 0 Å². The predicted octanol–water partition coefficient (Wildman–Crippen LogP) is 4.20. The van der Waals surface area contributed by atoms with Gasteiger partial charge in [0.2, 0.25) is 5.91 Å². The molecule has 2 aromatic carbocycles. The first-order valence-electron chi connectivity index (χ1n) is 12.4. The summed E-state index contributed by atoms with van der Waals surface area (Å²) in [4.78, 5) is 41.4. The van der Waals surface area contributed by atoms with E-state index in [1.165, 1.54) is 17.0 Å². The molecular formula is C28H39N3O6. The van der Waals surface area contributed by atoms with Gasteiger partial charge in [-0.15, -0.1) is 0 Å². The van der Waals surface area contributed by atoms with Gasteiger partial charge in [0, 0.05) is 11.7 Å². The van der Waals surface area contributed by atoms with E-state index in [1.54, 1.807) is 39.8 Å². The minimum Gasteiger partial charge on any atom is -0.508 e. The molecule has 2 rings (SSSR count). The van der Waals surface area contributed by atoms with Crippen LogP contribution in [0.4, 0.5) is 10.5 Å². The van der Waals surface area contributed by atoms with Crippen molar-refractivity contribution in [1.82, 2.24) is 10.2 Å². The monoisotopic (exact) mass is 513 g/mol. The van der Waals surface area contributed by atoms with E-state index >= 15 is 0 Å². The number of phenolic OH excluding ortho intramolecular Hbond substituents is 1. The number of ether oxygens (including phenoxy) is 1. The summed E-state index contributed by atoms with van der Waals surface area (Å²) >= 11 is 0. The summed E-state index contributed by atoms with van der Waals surface area (Å²) in [6.07, 6.45) is -0.375. The number of hydrogen-bond donors (Lipinski definition) is 4. The Kier molecular flexibility index (Phi) is 10.1. The van der Waals surface area contributed by atoms with Crippen molar-refractivity contribution in [2.24, 2.45) is 0 Å². The number of nitrogens with one attached hydrogen (secondary N) is 2. The third-order valence-corrected chi connectivity index (χ3v) is 5.93. The molecule has 0 bridgehead atoms. The number of amides is 3. The van der Waals surface area contributed by atoms with E-state index in [0.29, 0.717) is 17.7 Å². The molecule has 2 aromatic rings. The molecule has 9 heteroatoms. The van der Waals surface area contributed by atoms with Crippen LogP contribution in [-0.2, 0) is 14.3 Å². The summed E-state index contributed by atoms with van der Waals surface area (Å²) < 4.78 is 5.26. The number of para-hydroxylation sites is 1. The number of nitrogens with zero attached hydrogens (tertiary/aromatic N) is 1. The van der Waals surface area contributed by atoms with Crippen molar-refractivity contribution < 1.29 is 29.3 Å². The first-order valence-corrected chi connectivity index (χ1v) is 12.4. The van der Waals surface area contributed by atoms with E-state index in [1.807, 2.05) is 39.0 Å². The fraction of sp³-hybridized carbons (Fsp3) is 0.464. The van der Waals surface area contributed by atoms with Crippen LogP contribution in [0.3, 0.4) is 0 Å². The number of aryl methyl sites for hydroxylation is 2. The van der Waals surface area contributed by atoms with Gasteiger partial charge in [0.05, 0.1) is 6.61 Å². The van der Waals surface area contributed by atoms with Gasteiger partial charge < -0.3 is 30.5 Å². The SMILES string of the molecule is CCC(C)N(C(=O)C(CO)NC(=O)OC(C)(C)C)C(C(=O)Nc1c(C)cccc1C)c1cccc(O)c1. The van der Waals surface area contributed by atoms with Crippen molar-refractivity contribution in [3.05, 3.63) is 59.2 Å². The zero-order chi connectivity index (χ0) is 27.9. The summed E-state index contributed by atoms with van der Waals surface area (Å²) in [6.45, 7) is 11.7. The molecule has 0 fully saturated rings. The number of benzene rings is 2. The minimum absolute atomic E-state index is 0.0653. The first-order chi connectivity index (χ1) is 17.3. The number of anilines is 1. The van der Waals surface area contributed by atoms with E-state index in [2.05, 4.69) is 10.6 Å². The topological polar surface area (TPSA) is 128 Å². The summed E-state index contributed by atoms with van der Waals surface area (Å²) in [5, 5.41) is 25.6. The number of rotatable bonds is 9. The molecule has 3 unspecified atom stereocenters. The van der Waals surface area contributed by atoms with Gasteiger partial charge in [0.25, 0.3) is 5.91 Å². The number of alkyl carbamates (subject to hydrolysis) is 1. The van der Waals surface area contributed by atoms with Crippen LogP contribution in [-0.4, -0.2) is 57.3 Å². The lowest BCUT2D eigenvalue weighted by atomic mass is 9.99. The van der Waals surface area contributed by atoms with Gasteiger partial charge in [-0.05, 0) is 76.8 Å². The predicted molar refractivity (Wildman–Crippen MR) is 142 cm³/mol. The van der Waals surface area contributed by atoms with E-state index in [4.69, 9.17) is 4.74 Å². The molecule has 3 atom stereocenters. The molecule has 0 saturated heterocycles. The normalized spacial score (nSPS) is 13.7. The average Bonchev–Trinajstić information content (AvgIpc) is 2.81. The third-order valence-electron chi connectivity index (χ3n) is 5.93. The van der Waals surface area contributed by atoms with Crippen molar-refractivity contribution in [1.29, 1.82) is 0 Å². The fourth-order valence-electron chi connectivity index (χ4n) is 3.95. The van der Waals surface area contributed by atoms with Gasteiger partial charge >= 0.3 is 6.09 Å². The number of aromatic hydroxyl groups is 1. The largest absolute Gasteiger partial charge is 0.508 e. The first kappa shape index (κ1) is 29.6. The summed E-state index contributed by atoms with van der Waals surface area (Å²) in [5.41, 5.74) is 1.90. The second kappa shape index (κ2) is 12.6. The van der Waals surface area contributed by atoms with Crippen molar-refractivity contribution in [2.45, 2.75) is 78.6 Å². The quantitative estimate of drug-likeness (QED) is 0.398. The second-order valence-electron chi connectivity index (χ2n) is 10.1. The van der Waals surface area contributed by atoms with E-state index < -0.39 is 48.2 Å². The average molecular weight is 514 g/mol. The zero-order valence-electron chi connectivity index (χ0n) is 22.7. The van der Waals surface area contributed by atoms with Gasteiger partial charge in [-0.1, -0.05) is 37.3 Å². The Balaban J connectivity index is 2.55. The van der Waals surface area contributed by atoms with Crippen LogP contribution in [0.1, 0.15) is 63.8 Å². The van der Waals surface area contributed by atoms with E-state index in [9.17, 15) is 24.6 Å². The van der Waals surface area contributed by atoms with Crippen LogP contribution in [0.5, 0.6) is 5.75 Å². The maximum Gasteiger partial charge on any atom is 0.408 e. The Morgan fingerprint density at radius 2 is 1.65 bits per heavy atom. The maximum atomic E-state index is 13.9. The molecule has 0 spiro atoms. The number of phenols is 1. The highest BCUT2D eigenvalue weighted by Crippen LogP contribution is 2.30. The minimum atomic E-state index is -1.35. The molecule has 0 aromatic heterocycles. The summed E-state index contributed by atoms with van der Waals surface area (Å²) in [6, 6.07) is 8.78. The molecule has 0 aliphatic carbocycles. The van der Waals surface area contributed by atoms with Crippen molar-refractivity contribution in [3.8, 4) is 5.75 Å². The molecule has 0 aliphatic rings. The Morgan fingerprint density at radius 3 is 2.16 bits per heavy atom. The van der Waals surface area contributed by atoms with Crippen LogP contribution < -0.4 is 10.6 Å². The standard InChI is InChI=1S/C28H39N3O6/c1-8-19(4)31(26(35)22(16-32)29-27(36)37-28(5,6)7)24(20-13-10-14-21(33)15-20)25(34)30-23-17(2)11-9-12-18(23)3/h9-15,19,22,24,32-33H,8,16H2,1-7H3,(H,29,36)(H,30,34). The molecule has 0 heterocycles. The summed E-state index contributed by atoms with van der Waals surface area (Å²) in [5.74, 6) is -1.22.